The number of rotatable bonds is 4. The first-order valence-corrected chi connectivity index (χ1v) is 7.39. The number of methoxy groups -OCH3 is 1. The second-order valence-electron chi connectivity index (χ2n) is 5.62. The molecular formula is C18H18N2O3. The second-order valence-corrected chi connectivity index (χ2v) is 5.62. The number of carbonyl (C=O) groups excluding carboxylic acids is 2. The lowest BCUT2D eigenvalue weighted by molar-refractivity contribution is 0.0715. The van der Waals surface area contributed by atoms with Crippen molar-refractivity contribution in [3.63, 3.8) is 0 Å². The predicted molar refractivity (Wildman–Crippen MR) is 86.2 cm³/mol. The molecule has 0 fully saturated rings. The van der Waals surface area contributed by atoms with Gasteiger partial charge in [0.05, 0.1) is 13.2 Å². The summed E-state index contributed by atoms with van der Waals surface area (Å²) >= 11 is 0. The van der Waals surface area contributed by atoms with Crippen LogP contribution in [0.15, 0.2) is 42.5 Å². The van der Waals surface area contributed by atoms with Gasteiger partial charge < -0.3 is 15.4 Å². The van der Waals surface area contributed by atoms with E-state index in [0.29, 0.717) is 17.7 Å². The molecule has 2 amide bonds. The van der Waals surface area contributed by atoms with E-state index in [1.807, 2.05) is 31.2 Å². The van der Waals surface area contributed by atoms with Crippen LogP contribution in [-0.2, 0) is 6.54 Å². The highest BCUT2D eigenvalue weighted by molar-refractivity contribution is 6.00. The summed E-state index contributed by atoms with van der Waals surface area (Å²) in [5.74, 6) is 0.268. The number of benzene rings is 2. The Kier molecular flexibility index (Phi) is 3.78. The third-order valence-electron chi connectivity index (χ3n) is 4.29. The molecule has 0 spiro atoms. The molecule has 5 nitrogen and oxygen atoms in total. The molecule has 2 N–H and O–H groups in total. The molecule has 0 aliphatic carbocycles. The number of nitrogens with two attached hydrogens (primary N) is 1. The van der Waals surface area contributed by atoms with Gasteiger partial charge in [0.15, 0.2) is 0 Å². The molecule has 0 saturated carbocycles. The van der Waals surface area contributed by atoms with Crippen LogP contribution in [0.2, 0.25) is 0 Å². The maximum absolute atomic E-state index is 12.6. The van der Waals surface area contributed by atoms with Crippen molar-refractivity contribution >= 4 is 11.8 Å². The lowest BCUT2D eigenvalue weighted by Crippen LogP contribution is -2.27. The molecule has 2 aromatic carbocycles. The SMILES string of the molecule is COc1ccc([C@H](C)N2Cc3cc(C(N)=O)ccc3C2=O)cc1. The molecule has 1 aliphatic heterocycles. The normalized spacial score (nSPS) is 14.5. The Morgan fingerprint density at radius 1 is 1.22 bits per heavy atom. The number of carbonyl (C=O) groups is 2. The Bertz CT molecular complexity index is 768. The molecule has 5 heteroatoms. The molecule has 118 valence electrons. The van der Waals surface area contributed by atoms with Gasteiger partial charge >= 0.3 is 0 Å². The standard InChI is InChI=1S/C18H18N2O3/c1-11(12-3-6-15(23-2)7-4-12)20-10-14-9-13(17(19)21)5-8-16(14)18(20)22/h3-9,11H,10H2,1-2H3,(H2,19,21)/t11-/m0/s1. The topological polar surface area (TPSA) is 72.6 Å². The van der Waals surface area contributed by atoms with E-state index in [9.17, 15) is 9.59 Å². The van der Waals surface area contributed by atoms with Gasteiger partial charge in [-0.15, -0.1) is 0 Å². The van der Waals surface area contributed by atoms with Gasteiger partial charge in [-0.3, -0.25) is 9.59 Å². The minimum atomic E-state index is -0.484. The number of ether oxygens (including phenoxy) is 1. The van der Waals surface area contributed by atoms with Crippen molar-refractivity contribution in [3.8, 4) is 5.75 Å². The first-order chi connectivity index (χ1) is 11.0. The third kappa shape index (κ3) is 2.65. The van der Waals surface area contributed by atoms with E-state index in [1.165, 1.54) is 0 Å². The zero-order valence-corrected chi connectivity index (χ0v) is 13.1. The van der Waals surface area contributed by atoms with E-state index >= 15 is 0 Å². The summed E-state index contributed by atoms with van der Waals surface area (Å²) in [6.07, 6.45) is 0. The van der Waals surface area contributed by atoms with E-state index in [4.69, 9.17) is 10.5 Å². The summed E-state index contributed by atoms with van der Waals surface area (Å²) in [7, 11) is 1.62. The number of hydrogen-bond acceptors (Lipinski definition) is 3. The Balaban J connectivity index is 1.86. The Morgan fingerprint density at radius 2 is 1.91 bits per heavy atom. The zero-order valence-electron chi connectivity index (χ0n) is 13.1. The number of hydrogen-bond donors (Lipinski definition) is 1. The largest absolute Gasteiger partial charge is 0.497 e. The fraction of sp³-hybridized carbons (Fsp3) is 0.222. The van der Waals surface area contributed by atoms with Crippen LogP contribution in [0.5, 0.6) is 5.75 Å². The highest BCUT2D eigenvalue weighted by Gasteiger charge is 2.31. The van der Waals surface area contributed by atoms with Crippen LogP contribution in [0.4, 0.5) is 0 Å². The van der Waals surface area contributed by atoms with Crippen molar-refractivity contribution < 1.29 is 14.3 Å². The minimum Gasteiger partial charge on any atom is -0.497 e. The fourth-order valence-electron chi connectivity index (χ4n) is 2.87. The van der Waals surface area contributed by atoms with Crippen LogP contribution in [0.1, 0.15) is 44.8 Å². The molecule has 1 atom stereocenters. The average molecular weight is 310 g/mol. The smallest absolute Gasteiger partial charge is 0.255 e. The van der Waals surface area contributed by atoms with Crippen LogP contribution in [0.25, 0.3) is 0 Å². The first-order valence-electron chi connectivity index (χ1n) is 7.39. The van der Waals surface area contributed by atoms with Crippen LogP contribution in [-0.4, -0.2) is 23.8 Å². The van der Waals surface area contributed by atoms with Crippen molar-refractivity contribution in [2.75, 3.05) is 7.11 Å². The average Bonchev–Trinajstić information content (AvgIpc) is 2.90. The summed E-state index contributed by atoms with van der Waals surface area (Å²) in [6.45, 7) is 2.46. The van der Waals surface area contributed by atoms with Crippen LogP contribution >= 0.6 is 0 Å². The molecule has 2 aromatic rings. The Morgan fingerprint density at radius 3 is 2.52 bits per heavy atom. The molecule has 0 unspecified atom stereocenters. The Labute approximate surface area is 134 Å². The van der Waals surface area contributed by atoms with Crippen LogP contribution in [0.3, 0.4) is 0 Å². The molecular weight excluding hydrogens is 292 g/mol. The van der Waals surface area contributed by atoms with Crippen molar-refractivity contribution in [1.82, 2.24) is 4.90 Å². The highest BCUT2D eigenvalue weighted by Crippen LogP contribution is 2.32. The minimum absolute atomic E-state index is 0.0284. The summed E-state index contributed by atoms with van der Waals surface area (Å²) < 4.78 is 5.16. The fourth-order valence-corrected chi connectivity index (χ4v) is 2.87. The maximum atomic E-state index is 12.6. The number of fused-ring (bicyclic) bond motifs is 1. The van der Waals surface area contributed by atoms with E-state index < -0.39 is 5.91 Å². The van der Waals surface area contributed by atoms with Crippen molar-refractivity contribution in [3.05, 3.63) is 64.7 Å². The van der Waals surface area contributed by atoms with E-state index in [1.54, 1.807) is 30.2 Å². The summed E-state index contributed by atoms with van der Waals surface area (Å²) in [5.41, 5.74) is 8.24. The van der Waals surface area contributed by atoms with Crippen molar-refractivity contribution in [2.45, 2.75) is 19.5 Å². The number of amides is 2. The summed E-state index contributed by atoms with van der Waals surface area (Å²) in [5, 5.41) is 0. The molecule has 0 aromatic heterocycles. The second kappa shape index (κ2) is 5.76. The zero-order chi connectivity index (χ0) is 16.6. The monoisotopic (exact) mass is 310 g/mol. The van der Waals surface area contributed by atoms with E-state index in [-0.39, 0.29) is 11.9 Å². The van der Waals surface area contributed by atoms with Crippen LogP contribution < -0.4 is 10.5 Å². The van der Waals surface area contributed by atoms with Crippen molar-refractivity contribution in [1.29, 1.82) is 0 Å². The molecule has 0 radical (unpaired) electrons. The molecule has 1 heterocycles. The van der Waals surface area contributed by atoms with E-state index in [2.05, 4.69) is 0 Å². The lowest BCUT2D eigenvalue weighted by atomic mass is 10.1. The van der Waals surface area contributed by atoms with Crippen LogP contribution in [0, 0.1) is 0 Å². The molecule has 23 heavy (non-hydrogen) atoms. The van der Waals surface area contributed by atoms with Gasteiger partial charge in [0.25, 0.3) is 5.91 Å². The maximum Gasteiger partial charge on any atom is 0.255 e. The first kappa shape index (κ1) is 15.1. The Hall–Kier alpha value is -2.82. The van der Waals surface area contributed by atoms with Gasteiger partial charge in [-0.25, -0.2) is 0 Å². The van der Waals surface area contributed by atoms with Gasteiger partial charge in [0.1, 0.15) is 5.75 Å². The molecule has 0 saturated heterocycles. The molecule has 3 rings (SSSR count). The van der Waals surface area contributed by atoms with Gasteiger partial charge in [0, 0.05) is 17.7 Å². The highest BCUT2D eigenvalue weighted by atomic mass is 16.5. The molecule has 1 aliphatic rings. The summed E-state index contributed by atoms with van der Waals surface area (Å²) in [4.78, 5) is 25.7. The lowest BCUT2D eigenvalue weighted by Gasteiger charge is -2.24. The quantitative estimate of drug-likeness (QED) is 0.943. The number of primary amides is 1. The van der Waals surface area contributed by atoms with Crippen molar-refractivity contribution in [2.24, 2.45) is 5.73 Å². The predicted octanol–water partition coefficient (Wildman–Crippen LogP) is 2.51. The number of nitrogens with zero attached hydrogens (tertiary/aromatic N) is 1. The van der Waals surface area contributed by atoms with Gasteiger partial charge in [-0.05, 0) is 48.4 Å². The molecule has 0 bridgehead atoms. The van der Waals surface area contributed by atoms with Gasteiger partial charge in [0.2, 0.25) is 5.91 Å². The van der Waals surface area contributed by atoms with Gasteiger partial charge in [-0.2, -0.15) is 0 Å². The van der Waals surface area contributed by atoms with Gasteiger partial charge in [-0.1, -0.05) is 12.1 Å². The third-order valence-corrected chi connectivity index (χ3v) is 4.29. The van der Waals surface area contributed by atoms with E-state index in [0.717, 1.165) is 16.9 Å². The summed E-state index contributed by atoms with van der Waals surface area (Å²) in [6, 6.07) is 12.6.